The first-order valence-corrected chi connectivity index (χ1v) is 15.8. The number of carbonyl (C=O) groups excluding carboxylic acids is 1. The van der Waals surface area contributed by atoms with Gasteiger partial charge in [-0.25, -0.2) is 8.42 Å². The molecular formula is C31H29BrN4O3S2. The Morgan fingerprint density at radius 3 is 1.83 bits per heavy atom. The van der Waals surface area contributed by atoms with E-state index in [1.54, 1.807) is 52.8 Å². The van der Waals surface area contributed by atoms with E-state index in [1.165, 1.54) is 11.1 Å². The van der Waals surface area contributed by atoms with E-state index in [9.17, 15) is 13.2 Å². The van der Waals surface area contributed by atoms with Gasteiger partial charge in [-0.15, -0.1) is 0 Å². The first-order chi connectivity index (χ1) is 19.8. The zero-order valence-corrected chi connectivity index (χ0v) is 25.3. The number of rotatable bonds is 7. The molecule has 1 amide bonds. The zero-order valence-electron chi connectivity index (χ0n) is 22.1. The van der Waals surface area contributed by atoms with Gasteiger partial charge in [0.1, 0.15) is 0 Å². The zero-order chi connectivity index (χ0) is 28.8. The lowest BCUT2D eigenvalue weighted by molar-refractivity contribution is 0.0977. The monoisotopic (exact) mass is 648 g/mol. The molecular weight excluding hydrogens is 620 g/mol. The summed E-state index contributed by atoms with van der Waals surface area (Å²) in [6.07, 6.45) is 0. The SMILES string of the molecule is O=C(NC(=S)Nc1ccc(S(=O)(=O)N2CCN(C(c3ccccc3)c3ccccc3)CC2)cc1)c1ccc(Br)cc1. The lowest BCUT2D eigenvalue weighted by Gasteiger charge is -2.39. The topological polar surface area (TPSA) is 81.8 Å². The van der Waals surface area contributed by atoms with Gasteiger partial charge in [0.25, 0.3) is 5.91 Å². The van der Waals surface area contributed by atoms with Gasteiger partial charge in [0, 0.05) is 41.9 Å². The minimum Gasteiger partial charge on any atom is -0.332 e. The third-order valence-corrected chi connectivity index (χ3v) is 9.60. The number of anilines is 1. The summed E-state index contributed by atoms with van der Waals surface area (Å²) < 4.78 is 29.3. The van der Waals surface area contributed by atoms with E-state index in [0.717, 1.165) is 4.47 Å². The quantitative estimate of drug-likeness (QED) is 0.251. The molecule has 5 rings (SSSR count). The molecule has 1 heterocycles. The molecule has 0 spiro atoms. The number of carbonyl (C=O) groups is 1. The van der Waals surface area contributed by atoms with E-state index in [1.807, 2.05) is 36.4 Å². The number of amides is 1. The van der Waals surface area contributed by atoms with Gasteiger partial charge in [0.15, 0.2) is 5.11 Å². The van der Waals surface area contributed by atoms with Gasteiger partial charge in [-0.1, -0.05) is 76.6 Å². The van der Waals surface area contributed by atoms with Crippen LogP contribution < -0.4 is 10.6 Å². The van der Waals surface area contributed by atoms with Crippen molar-refractivity contribution in [2.45, 2.75) is 10.9 Å². The van der Waals surface area contributed by atoms with E-state index in [0.29, 0.717) is 37.4 Å². The summed E-state index contributed by atoms with van der Waals surface area (Å²) in [5.41, 5.74) is 3.41. The Morgan fingerprint density at radius 2 is 1.29 bits per heavy atom. The van der Waals surface area contributed by atoms with Crippen LogP contribution in [0, 0.1) is 0 Å². The van der Waals surface area contributed by atoms with Crippen LogP contribution in [0.15, 0.2) is 119 Å². The van der Waals surface area contributed by atoms with Crippen molar-refractivity contribution in [3.8, 4) is 0 Å². The highest BCUT2D eigenvalue weighted by molar-refractivity contribution is 9.10. The van der Waals surface area contributed by atoms with Crippen LogP contribution in [0.3, 0.4) is 0 Å². The van der Waals surface area contributed by atoms with E-state index in [-0.39, 0.29) is 22.0 Å². The Labute approximate surface area is 254 Å². The molecule has 0 bridgehead atoms. The summed E-state index contributed by atoms with van der Waals surface area (Å²) in [5, 5.41) is 5.69. The average molecular weight is 650 g/mol. The summed E-state index contributed by atoms with van der Waals surface area (Å²) in [6.45, 7) is 2.01. The predicted octanol–water partition coefficient (Wildman–Crippen LogP) is 5.67. The number of piperazine rings is 1. The molecule has 1 aliphatic heterocycles. The van der Waals surface area contributed by atoms with E-state index < -0.39 is 10.0 Å². The Kier molecular flexibility index (Phi) is 9.26. The fourth-order valence-electron chi connectivity index (χ4n) is 4.89. The van der Waals surface area contributed by atoms with Gasteiger partial charge in [0.05, 0.1) is 10.9 Å². The first kappa shape index (κ1) is 29.1. The molecule has 4 aromatic rings. The van der Waals surface area contributed by atoms with Crippen LogP contribution in [-0.2, 0) is 10.0 Å². The van der Waals surface area contributed by atoms with Crippen molar-refractivity contribution in [1.82, 2.24) is 14.5 Å². The van der Waals surface area contributed by atoms with Crippen LogP contribution in [0.2, 0.25) is 0 Å². The molecule has 1 fully saturated rings. The van der Waals surface area contributed by atoms with Gasteiger partial charge in [-0.3, -0.25) is 15.0 Å². The molecule has 0 aromatic heterocycles. The second-order valence-corrected chi connectivity index (χ2v) is 12.9. The molecule has 0 radical (unpaired) electrons. The van der Waals surface area contributed by atoms with Crippen molar-refractivity contribution in [3.05, 3.63) is 130 Å². The maximum Gasteiger partial charge on any atom is 0.257 e. The Balaban J connectivity index is 1.21. The number of thiocarbonyl (C=S) groups is 1. The minimum absolute atomic E-state index is 0.0562. The number of benzene rings is 4. The number of hydrogen-bond acceptors (Lipinski definition) is 5. The van der Waals surface area contributed by atoms with Crippen molar-refractivity contribution in [1.29, 1.82) is 0 Å². The van der Waals surface area contributed by atoms with E-state index in [4.69, 9.17) is 12.2 Å². The van der Waals surface area contributed by atoms with Crippen molar-refractivity contribution in [3.63, 3.8) is 0 Å². The second-order valence-electron chi connectivity index (χ2n) is 9.60. The summed E-state index contributed by atoms with van der Waals surface area (Å²) >= 11 is 8.61. The molecule has 210 valence electrons. The van der Waals surface area contributed by atoms with Gasteiger partial charge < -0.3 is 5.32 Å². The fraction of sp³-hybridized carbons (Fsp3) is 0.161. The summed E-state index contributed by atoms with van der Waals surface area (Å²) in [6, 6.07) is 34.0. The minimum atomic E-state index is -3.67. The largest absolute Gasteiger partial charge is 0.332 e. The van der Waals surface area contributed by atoms with Crippen molar-refractivity contribution >= 4 is 54.9 Å². The van der Waals surface area contributed by atoms with E-state index >= 15 is 0 Å². The Hall–Kier alpha value is -3.41. The molecule has 7 nitrogen and oxygen atoms in total. The van der Waals surface area contributed by atoms with Crippen LogP contribution in [0.1, 0.15) is 27.5 Å². The molecule has 4 aromatic carbocycles. The summed E-state index contributed by atoms with van der Waals surface area (Å²) in [4.78, 5) is 15.0. The van der Waals surface area contributed by atoms with Crippen molar-refractivity contribution < 1.29 is 13.2 Å². The number of halogens is 1. The van der Waals surface area contributed by atoms with Gasteiger partial charge >= 0.3 is 0 Å². The molecule has 2 N–H and O–H groups in total. The third-order valence-electron chi connectivity index (χ3n) is 6.95. The second kappa shape index (κ2) is 13.1. The van der Waals surface area contributed by atoms with Crippen molar-refractivity contribution in [2.24, 2.45) is 0 Å². The molecule has 1 saturated heterocycles. The number of hydrogen-bond donors (Lipinski definition) is 2. The van der Waals surface area contributed by atoms with Gasteiger partial charge in [-0.05, 0) is 71.9 Å². The van der Waals surface area contributed by atoms with Crippen LogP contribution in [0.5, 0.6) is 0 Å². The third kappa shape index (κ3) is 7.09. The average Bonchev–Trinajstić information content (AvgIpc) is 2.99. The van der Waals surface area contributed by atoms with Crippen LogP contribution in [0.4, 0.5) is 5.69 Å². The predicted molar refractivity (Wildman–Crippen MR) is 169 cm³/mol. The Morgan fingerprint density at radius 1 is 0.756 bits per heavy atom. The van der Waals surface area contributed by atoms with Crippen LogP contribution in [-0.4, -0.2) is 54.8 Å². The molecule has 10 heteroatoms. The lowest BCUT2D eigenvalue weighted by atomic mass is 9.96. The smallest absolute Gasteiger partial charge is 0.257 e. The van der Waals surface area contributed by atoms with Crippen molar-refractivity contribution in [2.75, 3.05) is 31.5 Å². The highest BCUT2D eigenvalue weighted by atomic mass is 79.9. The summed E-state index contributed by atoms with van der Waals surface area (Å²) in [7, 11) is -3.67. The Bertz CT molecular complexity index is 1550. The highest BCUT2D eigenvalue weighted by Crippen LogP contribution is 2.30. The molecule has 0 unspecified atom stereocenters. The lowest BCUT2D eigenvalue weighted by Crippen LogP contribution is -2.49. The van der Waals surface area contributed by atoms with E-state index in [2.05, 4.69) is 55.7 Å². The highest BCUT2D eigenvalue weighted by Gasteiger charge is 2.32. The number of sulfonamides is 1. The van der Waals surface area contributed by atoms with Gasteiger partial charge in [-0.2, -0.15) is 4.31 Å². The molecule has 1 aliphatic rings. The fourth-order valence-corrected chi connectivity index (χ4v) is 6.78. The van der Waals surface area contributed by atoms with Gasteiger partial charge in [0.2, 0.25) is 10.0 Å². The molecule has 0 aliphatic carbocycles. The number of nitrogens with zero attached hydrogens (tertiary/aromatic N) is 2. The maximum absolute atomic E-state index is 13.5. The summed E-state index contributed by atoms with van der Waals surface area (Å²) in [5.74, 6) is -0.338. The normalized spacial score (nSPS) is 14.5. The molecule has 0 saturated carbocycles. The van der Waals surface area contributed by atoms with Crippen LogP contribution >= 0.6 is 28.1 Å². The maximum atomic E-state index is 13.5. The number of nitrogens with one attached hydrogen (secondary N) is 2. The molecule has 41 heavy (non-hydrogen) atoms. The standard InChI is InChI=1S/C31H29BrN4O3S2/c32-26-13-11-25(12-14-26)30(37)34-31(40)33-27-15-17-28(18-16-27)41(38,39)36-21-19-35(20-22-36)29(23-7-3-1-4-8-23)24-9-5-2-6-10-24/h1-18,29H,19-22H2,(H2,33,34,37,40). The molecule has 0 atom stereocenters. The van der Waals surface area contributed by atoms with Crippen LogP contribution in [0.25, 0.3) is 0 Å². The first-order valence-electron chi connectivity index (χ1n) is 13.1.